The summed E-state index contributed by atoms with van der Waals surface area (Å²) in [6.07, 6.45) is 3.27. The van der Waals surface area contributed by atoms with Crippen molar-refractivity contribution in [2.75, 3.05) is 52.1 Å². The summed E-state index contributed by atoms with van der Waals surface area (Å²) in [4.78, 5) is 16.4. The van der Waals surface area contributed by atoms with Gasteiger partial charge in [-0.2, -0.15) is 0 Å². The van der Waals surface area contributed by atoms with Crippen LogP contribution in [0.25, 0.3) is 0 Å². The van der Waals surface area contributed by atoms with E-state index in [1.165, 1.54) is 10.6 Å². The summed E-state index contributed by atoms with van der Waals surface area (Å²) in [5, 5.41) is 0. The molecule has 0 aliphatic carbocycles. The van der Waals surface area contributed by atoms with E-state index in [1.54, 1.807) is 0 Å². The van der Waals surface area contributed by atoms with Gasteiger partial charge in [0.25, 0.3) is 0 Å². The predicted molar refractivity (Wildman–Crippen MR) is 84.6 cm³/mol. The SMILES string of the molecule is CCCCN(CCC(=O)N1CCN(CC)CC1)S(C)(=O)=O. The molecule has 1 saturated heterocycles. The summed E-state index contributed by atoms with van der Waals surface area (Å²) in [7, 11) is -3.22. The van der Waals surface area contributed by atoms with Crippen molar-refractivity contribution < 1.29 is 13.2 Å². The molecule has 1 aliphatic rings. The zero-order chi connectivity index (χ0) is 15.9. The minimum Gasteiger partial charge on any atom is -0.340 e. The second-order valence-corrected chi connectivity index (χ2v) is 7.56. The molecule has 0 radical (unpaired) electrons. The lowest BCUT2D eigenvalue weighted by molar-refractivity contribution is -0.133. The molecule has 1 heterocycles. The number of carbonyl (C=O) groups is 1. The number of rotatable bonds is 8. The molecule has 0 saturated carbocycles. The normalized spacial score (nSPS) is 17.4. The largest absolute Gasteiger partial charge is 0.340 e. The summed E-state index contributed by atoms with van der Waals surface area (Å²) in [5.74, 6) is 0.0656. The van der Waals surface area contributed by atoms with E-state index in [2.05, 4.69) is 11.8 Å². The molecule has 21 heavy (non-hydrogen) atoms. The molecule has 0 unspecified atom stereocenters. The van der Waals surface area contributed by atoms with Gasteiger partial charge in [-0.3, -0.25) is 4.79 Å². The van der Waals surface area contributed by atoms with Crippen LogP contribution in [0.5, 0.6) is 0 Å². The van der Waals surface area contributed by atoms with Crippen molar-refractivity contribution in [2.24, 2.45) is 0 Å². The Balaban J connectivity index is 2.43. The summed E-state index contributed by atoms with van der Waals surface area (Å²) in [6.45, 7) is 9.29. The van der Waals surface area contributed by atoms with E-state index in [-0.39, 0.29) is 12.3 Å². The van der Waals surface area contributed by atoms with Crippen LogP contribution in [0.15, 0.2) is 0 Å². The van der Waals surface area contributed by atoms with E-state index in [9.17, 15) is 13.2 Å². The third-order valence-corrected chi connectivity index (χ3v) is 5.28. The van der Waals surface area contributed by atoms with Gasteiger partial charge in [0.2, 0.25) is 15.9 Å². The topological polar surface area (TPSA) is 60.9 Å². The van der Waals surface area contributed by atoms with Crippen LogP contribution in [-0.4, -0.2) is 80.5 Å². The van der Waals surface area contributed by atoms with Gasteiger partial charge < -0.3 is 9.80 Å². The fourth-order valence-corrected chi connectivity index (χ4v) is 3.35. The van der Waals surface area contributed by atoms with Gasteiger partial charge in [-0.25, -0.2) is 12.7 Å². The summed E-state index contributed by atoms with van der Waals surface area (Å²) in [5.41, 5.74) is 0. The fraction of sp³-hybridized carbons (Fsp3) is 0.929. The molecule has 7 heteroatoms. The van der Waals surface area contributed by atoms with Crippen LogP contribution in [0.4, 0.5) is 0 Å². The molecule has 0 N–H and O–H groups in total. The van der Waals surface area contributed by atoms with Crippen LogP contribution in [-0.2, 0) is 14.8 Å². The summed E-state index contributed by atoms with van der Waals surface area (Å²) < 4.78 is 24.8. The Morgan fingerprint density at radius 2 is 1.71 bits per heavy atom. The molecule has 1 fully saturated rings. The van der Waals surface area contributed by atoms with Gasteiger partial charge in [-0.15, -0.1) is 0 Å². The number of sulfonamides is 1. The molecule has 0 atom stereocenters. The maximum absolute atomic E-state index is 12.2. The molecule has 0 aromatic heterocycles. The van der Waals surface area contributed by atoms with Crippen LogP contribution in [0.1, 0.15) is 33.1 Å². The van der Waals surface area contributed by atoms with Crippen LogP contribution >= 0.6 is 0 Å². The minimum absolute atomic E-state index is 0.0656. The van der Waals surface area contributed by atoms with E-state index in [4.69, 9.17) is 0 Å². The van der Waals surface area contributed by atoms with E-state index in [1.807, 2.05) is 11.8 Å². The van der Waals surface area contributed by atoms with Gasteiger partial charge in [-0.1, -0.05) is 20.3 Å². The van der Waals surface area contributed by atoms with E-state index < -0.39 is 10.0 Å². The minimum atomic E-state index is -3.22. The number of unbranched alkanes of at least 4 members (excludes halogenated alkanes) is 1. The standard InChI is InChI=1S/C14H29N3O3S/c1-4-6-8-17(21(3,19)20)9-7-14(18)16-12-10-15(5-2)11-13-16/h4-13H2,1-3H3. The zero-order valence-corrected chi connectivity index (χ0v) is 14.4. The highest BCUT2D eigenvalue weighted by Crippen LogP contribution is 2.07. The Bertz CT molecular complexity index is 417. The fourth-order valence-electron chi connectivity index (χ4n) is 2.47. The van der Waals surface area contributed by atoms with Crippen molar-refractivity contribution in [3.8, 4) is 0 Å². The lowest BCUT2D eigenvalue weighted by Gasteiger charge is -2.34. The zero-order valence-electron chi connectivity index (χ0n) is 13.5. The van der Waals surface area contributed by atoms with Crippen molar-refractivity contribution >= 4 is 15.9 Å². The monoisotopic (exact) mass is 319 g/mol. The van der Waals surface area contributed by atoms with Crippen molar-refractivity contribution in [3.05, 3.63) is 0 Å². The Kier molecular flexibility index (Phi) is 7.62. The van der Waals surface area contributed by atoms with Crippen molar-refractivity contribution in [1.29, 1.82) is 0 Å². The third kappa shape index (κ3) is 6.32. The molecule has 0 bridgehead atoms. The maximum Gasteiger partial charge on any atom is 0.223 e. The van der Waals surface area contributed by atoms with Crippen LogP contribution in [0, 0.1) is 0 Å². The van der Waals surface area contributed by atoms with E-state index in [0.717, 1.165) is 45.6 Å². The molecular weight excluding hydrogens is 290 g/mol. The smallest absolute Gasteiger partial charge is 0.223 e. The van der Waals surface area contributed by atoms with Gasteiger partial charge in [0.05, 0.1) is 6.26 Å². The number of nitrogens with zero attached hydrogens (tertiary/aromatic N) is 3. The molecular formula is C14H29N3O3S. The molecule has 1 amide bonds. The Morgan fingerprint density at radius 1 is 1.10 bits per heavy atom. The lowest BCUT2D eigenvalue weighted by Crippen LogP contribution is -2.49. The lowest BCUT2D eigenvalue weighted by atomic mass is 10.2. The van der Waals surface area contributed by atoms with E-state index in [0.29, 0.717) is 13.1 Å². The van der Waals surface area contributed by atoms with Gasteiger partial charge in [0.1, 0.15) is 0 Å². The number of amides is 1. The molecule has 124 valence electrons. The number of hydrogen-bond acceptors (Lipinski definition) is 4. The molecule has 1 aliphatic heterocycles. The summed E-state index contributed by atoms with van der Waals surface area (Å²) >= 11 is 0. The second-order valence-electron chi connectivity index (χ2n) is 5.58. The first-order valence-electron chi connectivity index (χ1n) is 7.83. The van der Waals surface area contributed by atoms with Crippen molar-refractivity contribution in [2.45, 2.75) is 33.1 Å². The van der Waals surface area contributed by atoms with Crippen molar-refractivity contribution in [3.63, 3.8) is 0 Å². The Hall–Kier alpha value is -0.660. The molecule has 1 rings (SSSR count). The van der Waals surface area contributed by atoms with Gasteiger partial charge in [-0.05, 0) is 13.0 Å². The highest BCUT2D eigenvalue weighted by molar-refractivity contribution is 7.88. The third-order valence-electron chi connectivity index (χ3n) is 3.98. The maximum atomic E-state index is 12.2. The Labute approximate surface area is 129 Å². The molecule has 0 spiro atoms. The number of piperazine rings is 1. The average Bonchev–Trinajstić information content (AvgIpc) is 2.45. The van der Waals surface area contributed by atoms with Gasteiger partial charge in [0.15, 0.2) is 0 Å². The first kappa shape index (κ1) is 18.4. The van der Waals surface area contributed by atoms with Crippen molar-refractivity contribution in [1.82, 2.24) is 14.1 Å². The van der Waals surface area contributed by atoms with Gasteiger partial charge in [0, 0.05) is 45.7 Å². The average molecular weight is 319 g/mol. The molecule has 0 aromatic rings. The Morgan fingerprint density at radius 3 is 2.19 bits per heavy atom. The second kappa shape index (κ2) is 8.70. The molecule has 0 aromatic carbocycles. The van der Waals surface area contributed by atoms with Crippen LogP contribution < -0.4 is 0 Å². The van der Waals surface area contributed by atoms with Crippen LogP contribution in [0.2, 0.25) is 0 Å². The number of likely N-dealkylation sites (N-methyl/N-ethyl adjacent to an activating group) is 1. The number of hydrogen-bond donors (Lipinski definition) is 0. The van der Waals surface area contributed by atoms with E-state index >= 15 is 0 Å². The van der Waals surface area contributed by atoms with Gasteiger partial charge >= 0.3 is 0 Å². The quantitative estimate of drug-likeness (QED) is 0.657. The first-order chi connectivity index (χ1) is 9.88. The highest BCUT2D eigenvalue weighted by atomic mass is 32.2. The molecule has 6 nitrogen and oxygen atoms in total. The summed E-state index contributed by atoms with van der Waals surface area (Å²) in [6, 6.07) is 0. The first-order valence-corrected chi connectivity index (χ1v) is 9.68. The van der Waals surface area contributed by atoms with Crippen LogP contribution in [0.3, 0.4) is 0 Å². The predicted octanol–water partition coefficient (Wildman–Crippen LogP) is 0.602. The number of carbonyl (C=O) groups excluding carboxylic acids is 1. The highest BCUT2D eigenvalue weighted by Gasteiger charge is 2.22.